The molecule has 1 N–H and O–H groups in total. The second-order valence-corrected chi connectivity index (χ2v) is 7.04. The van der Waals surface area contributed by atoms with E-state index < -0.39 is 0 Å². The smallest absolute Gasteiger partial charge is 0.268 e. The van der Waals surface area contributed by atoms with Gasteiger partial charge in [-0.05, 0) is 25.0 Å². The van der Waals surface area contributed by atoms with Gasteiger partial charge in [0, 0.05) is 30.2 Å². The molecule has 0 unspecified atom stereocenters. The summed E-state index contributed by atoms with van der Waals surface area (Å²) in [6.07, 6.45) is 4.52. The lowest BCUT2D eigenvalue weighted by molar-refractivity contribution is 0.0944. The monoisotopic (exact) mass is 372 g/mol. The first kappa shape index (κ1) is 18.6. The average Bonchev–Trinajstić information content (AvgIpc) is 3.13. The van der Waals surface area contributed by atoms with Crippen LogP contribution in [-0.4, -0.2) is 17.0 Å². The Kier molecular flexibility index (Phi) is 6.04. The van der Waals surface area contributed by atoms with Crippen LogP contribution in [0.25, 0.3) is 11.1 Å². The third kappa shape index (κ3) is 4.13. The Labute approximate surface area is 159 Å². The molecule has 0 atom stereocenters. The van der Waals surface area contributed by atoms with E-state index in [-0.39, 0.29) is 5.91 Å². The lowest BCUT2D eigenvalue weighted by Gasteiger charge is -2.12. The summed E-state index contributed by atoms with van der Waals surface area (Å²) in [7, 11) is 0. The number of furan rings is 1. The van der Waals surface area contributed by atoms with Gasteiger partial charge in [-0.3, -0.25) is 4.79 Å². The predicted octanol–water partition coefficient (Wildman–Crippen LogP) is 5.55. The molecule has 0 spiro atoms. The molecule has 0 bridgehead atoms. The molecule has 3 rings (SSSR count). The van der Waals surface area contributed by atoms with Crippen LogP contribution in [0.4, 0.5) is 0 Å². The number of aromatic nitrogens is 1. The van der Waals surface area contributed by atoms with Crippen LogP contribution in [0.15, 0.2) is 40.8 Å². The molecular weight excluding hydrogens is 348 g/mol. The number of rotatable bonds is 8. The standard InChI is InChI=1S/C21H25ClN2O2/c1-3-4-5-8-11-23-21(25)19-13-20-18(12-15(2)26-20)24(19)14-16-9-6-7-10-17(16)22/h6-7,9-10,12-13H,3-5,8,11,14H2,1-2H3,(H,23,25). The van der Waals surface area contributed by atoms with Gasteiger partial charge in [-0.2, -0.15) is 0 Å². The van der Waals surface area contributed by atoms with E-state index >= 15 is 0 Å². The van der Waals surface area contributed by atoms with E-state index in [1.54, 1.807) is 0 Å². The minimum Gasteiger partial charge on any atom is -0.460 e. The highest BCUT2D eigenvalue weighted by Gasteiger charge is 2.19. The number of halogens is 1. The van der Waals surface area contributed by atoms with Crippen LogP contribution < -0.4 is 5.32 Å². The Morgan fingerprint density at radius 2 is 2.00 bits per heavy atom. The molecule has 1 amide bonds. The van der Waals surface area contributed by atoms with Crippen LogP contribution in [0.5, 0.6) is 0 Å². The molecular formula is C21H25ClN2O2. The number of unbranched alkanes of at least 4 members (excludes halogenated alkanes) is 3. The van der Waals surface area contributed by atoms with Gasteiger partial charge in [-0.1, -0.05) is 56.0 Å². The van der Waals surface area contributed by atoms with Gasteiger partial charge in [0.2, 0.25) is 0 Å². The highest BCUT2D eigenvalue weighted by Crippen LogP contribution is 2.26. The van der Waals surface area contributed by atoms with E-state index in [1.807, 2.05) is 47.9 Å². The molecule has 2 aromatic heterocycles. The maximum absolute atomic E-state index is 12.7. The van der Waals surface area contributed by atoms with Crippen molar-refractivity contribution < 1.29 is 9.21 Å². The van der Waals surface area contributed by atoms with Crippen LogP contribution >= 0.6 is 11.6 Å². The molecule has 1 aromatic carbocycles. The van der Waals surface area contributed by atoms with E-state index in [1.165, 1.54) is 12.8 Å². The summed E-state index contributed by atoms with van der Waals surface area (Å²) in [5, 5.41) is 3.72. The van der Waals surface area contributed by atoms with Gasteiger partial charge < -0.3 is 14.3 Å². The average molecular weight is 373 g/mol. The molecule has 26 heavy (non-hydrogen) atoms. The van der Waals surface area contributed by atoms with Crippen LogP contribution in [0.3, 0.4) is 0 Å². The topological polar surface area (TPSA) is 47.2 Å². The van der Waals surface area contributed by atoms with Crippen molar-refractivity contribution in [3.63, 3.8) is 0 Å². The number of hydrogen-bond acceptors (Lipinski definition) is 2. The Balaban J connectivity index is 1.84. The van der Waals surface area contributed by atoms with Crippen molar-refractivity contribution in [2.75, 3.05) is 6.54 Å². The molecule has 0 aliphatic heterocycles. The first-order chi connectivity index (χ1) is 12.6. The second kappa shape index (κ2) is 8.45. The Bertz CT molecular complexity index is 895. The molecule has 0 fully saturated rings. The second-order valence-electron chi connectivity index (χ2n) is 6.63. The van der Waals surface area contributed by atoms with E-state index in [0.717, 1.165) is 35.3 Å². The zero-order valence-electron chi connectivity index (χ0n) is 15.3. The zero-order valence-corrected chi connectivity index (χ0v) is 16.1. The molecule has 0 saturated carbocycles. The summed E-state index contributed by atoms with van der Waals surface area (Å²) in [6, 6.07) is 11.5. The van der Waals surface area contributed by atoms with Crippen LogP contribution in [0, 0.1) is 6.92 Å². The molecule has 138 valence electrons. The lowest BCUT2D eigenvalue weighted by Crippen LogP contribution is -2.27. The van der Waals surface area contributed by atoms with Crippen molar-refractivity contribution in [1.29, 1.82) is 0 Å². The van der Waals surface area contributed by atoms with Crippen LogP contribution in [-0.2, 0) is 6.54 Å². The Morgan fingerprint density at radius 3 is 2.77 bits per heavy atom. The SMILES string of the molecule is CCCCCCNC(=O)c1cc2oc(C)cc2n1Cc1ccccc1Cl. The number of fused-ring (bicyclic) bond motifs is 1. The first-order valence-corrected chi connectivity index (χ1v) is 9.59. The Morgan fingerprint density at radius 1 is 1.19 bits per heavy atom. The molecule has 0 radical (unpaired) electrons. The van der Waals surface area contributed by atoms with Crippen molar-refractivity contribution in [1.82, 2.24) is 9.88 Å². The number of carbonyl (C=O) groups is 1. The molecule has 5 heteroatoms. The number of nitrogens with zero attached hydrogens (tertiary/aromatic N) is 1. The number of aryl methyl sites for hydroxylation is 1. The van der Waals surface area contributed by atoms with E-state index in [0.29, 0.717) is 23.8 Å². The third-order valence-electron chi connectivity index (χ3n) is 4.55. The van der Waals surface area contributed by atoms with Crippen LogP contribution in [0.1, 0.15) is 54.4 Å². The van der Waals surface area contributed by atoms with Crippen molar-refractivity contribution >= 4 is 28.6 Å². The minimum absolute atomic E-state index is 0.0717. The van der Waals surface area contributed by atoms with Gasteiger partial charge in [-0.25, -0.2) is 0 Å². The summed E-state index contributed by atoms with van der Waals surface area (Å²) in [5.74, 6) is 0.757. The number of nitrogens with one attached hydrogen (secondary N) is 1. The van der Waals surface area contributed by atoms with Gasteiger partial charge in [0.25, 0.3) is 5.91 Å². The maximum atomic E-state index is 12.7. The molecule has 4 nitrogen and oxygen atoms in total. The molecule has 2 heterocycles. The Hall–Kier alpha value is -2.20. The van der Waals surface area contributed by atoms with E-state index in [9.17, 15) is 4.79 Å². The summed E-state index contributed by atoms with van der Waals surface area (Å²) in [5.41, 5.74) is 3.22. The van der Waals surface area contributed by atoms with Gasteiger partial charge in [0.1, 0.15) is 11.5 Å². The maximum Gasteiger partial charge on any atom is 0.268 e. The van der Waals surface area contributed by atoms with E-state index in [4.69, 9.17) is 16.0 Å². The summed E-state index contributed by atoms with van der Waals surface area (Å²) in [4.78, 5) is 12.7. The van der Waals surface area contributed by atoms with Gasteiger partial charge in [-0.15, -0.1) is 0 Å². The van der Waals surface area contributed by atoms with Crippen molar-refractivity contribution in [3.8, 4) is 0 Å². The number of benzene rings is 1. The minimum atomic E-state index is -0.0717. The quantitative estimate of drug-likeness (QED) is 0.526. The van der Waals surface area contributed by atoms with Gasteiger partial charge in [0.05, 0.1) is 5.52 Å². The third-order valence-corrected chi connectivity index (χ3v) is 4.92. The molecule has 0 saturated heterocycles. The summed E-state index contributed by atoms with van der Waals surface area (Å²) < 4.78 is 7.71. The number of carbonyl (C=O) groups excluding carboxylic acids is 1. The fourth-order valence-electron chi connectivity index (χ4n) is 3.16. The largest absolute Gasteiger partial charge is 0.460 e. The highest BCUT2D eigenvalue weighted by atomic mass is 35.5. The molecule has 0 aliphatic carbocycles. The molecule has 3 aromatic rings. The number of hydrogen-bond donors (Lipinski definition) is 1. The number of amides is 1. The zero-order chi connectivity index (χ0) is 18.5. The first-order valence-electron chi connectivity index (χ1n) is 9.21. The fourth-order valence-corrected chi connectivity index (χ4v) is 3.36. The van der Waals surface area contributed by atoms with Crippen molar-refractivity contribution in [3.05, 3.63) is 58.4 Å². The lowest BCUT2D eigenvalue weighted by atomic mass is 10.2. The molecule has 0 aliphatic rings. The van der Waals surface area contributed by atoms with E-state index in [2.05, 4.69) is 12.2 Å². The summed E-state index contributed by atoms with van der Waals surface area (Å²) in [6.45, 7) is 5.31. The summed E-state index contributed by atoms with van der Waals surface area (Å²) >= 11 is 6.32. The predicted molar refractivity (Wildman–Crippen MR) is 106 cm³/mol. The highest BCUT2D eigenvalue weighted by molar-refractivity contribution is 6.31. The van der Waals surface area contributed by atoms with Gasteiger partial charge >= 0.3 is 0 Å². The normalized spacial score (nSPS) is 11.2. The van der Waals surface area contributed by atoms with Crippen molar-refractivity contribution in [2.45, 2.75) is 46.1 Å². The van der Waals surface area contributed by atoms with Crippen molar-refractivity contribution in [2.24, 2.45) is 0 Å². The fraction of sp³-hybridized carbons (Fsp3) is 0.381. The van der Waals surface area contributed by atoms with Gasteiger partial charge in [0.15, 0.2) is 5.58 Å². The van der Waals surface area contributed by atoms with Crippen LogP contribution in [0.2, 0.25) is 5.02 Å².